The fourth-order valence-corrected chi connectivity index (χ4v) is 1.56. The van der Waals surface area contributed by atoms with Crippen LogP contribution in [-0.4, -0.2) is 28.1 Å². The van der Waals surface area contributed by atoms with Crippen LogP contribution in [0.1, 0.15) is 31.7 Å². The summed E-state index contributed by atoms with van der Waals surface area (Å²) in [4.78, 5) is 26.5. The van der Waals surface area contributed by atoms with E-state index in [1.807, 2.05) is 13.0 Å². The summed E-state index contributed by atoms with van der Waals surface area (Å²) in [5.41, 5.74) is 0.859. The number of nitrogens with one attached hydrogen (secondary N) is 2. The van der Waals surface area contributed by atoms with E-state index in [2.05, 4.69) is 15.6 Å². The number of carboxylic acids is 1. The number of hydrogen-bond acceptors (Lipinski definition) is 3. The molecule has 3 N–H and O–H groups in total. The molecule has 0 aliphatic heterocycles. The number of aromatic nitrogens is 1. The Morgan fingerprint density at radius 2 is 2.26 bits per heavy atom. The molecule has 1 aromatic rings. The highest BCUT2D eigenvalue weighted by Gasteiger charge is 2.18. The van der Waals surface area contributed by atoms with Gasteiger partial charge in [-0.05, 0) is 18.1 Å². The molecule has 1 heterocycles. The van der Waals surface area contributed by atoms with E-state index in [1.54, 1.807) is 18.5 Å². The van der Waals surface area contributed by atoms with Crippen LogP contribution in [0.2, 0.25) is 0 Å². The van der Waals surface area contributed by atoms with Crippen LogP contribution >= 0.6 is 0 Å². The van der Waals surface area contributed by atoms with Crippen molar-refractivity contribution < 1.29 is 14.7 Å². The second-order valence-electron chi connectivity index (χ2n) is 4.22. The van der Waals surface area contributed by atoms with E-state index in [0.29, 0.717) is 13.0 Å². The highest BCUT2D eigenvalue weighted by atomic mass is 16.4. The van der Waals surface area contributed by atoms with Crippen LogP contribution in [0.5, 0.6) is 0 Å². The molecule has 6 heteroatoms. The number of carboxylic acid groups (broad SMARTS) is 1. The first kappa shape index (κ1) is 14.9. The molecule has 0 aliphatic rings. The molecule has 1 rings (SSSR count). The molecule has 6 nitrogen and oxygen atoms in total. The molecule has 0 bridgehead atoms. The minimum Gasteiger partial charge on any atom is -0.480 e. The summed E-state index contributed by atoms with van der Waals surface area (Å²) in [6.07, 6.45) is 5.38. The highest BCUT2D eigenvalue weighted by molar-refractivity contribution is 5.82. The maximum atomic E-state index is 11.6. The van der Waals surface area contributed by atoms with E-state index in [4.69, 9.17) is 5.11 Å². The number of aliphatic carboxylic acids is 1. The third-order valence-corrected chi connectivity index (χ3v) is 2.63. The molecule has 2 amide bonds. The zero-order valence-corrected chi connectivity index (χ0v) is 10.9. The summed E-state index contributed by atoms with van der Waals surface area (Å²) in [5, 5.41) is 14.0. The predicted molar refractivity (Wildman–Crippen MR) is 70.6 cm³/mol. The van der Waals surface area contributed by atoms with Crippen LogP contribution in [0.3, 0.4) is 0 Å². The lowest BCUT2D eigenvalue weighted by Crippen LogP contribution is -2.45. The van der Waals surface area contributed by atoms with Crippen molar-refractivity contribution in [2.24, 2.45) is 0 Å². The van der Waals surface area contributed by atoms with Crippen molar-refractivity contribution in [2.45, 2.75) is 38.8 Å². The quantitative estimate of drug-likeness (QED) is 0.697. The molecule has 1 unspecified atom stereocenters. The average Bonchev–Trinajstić information content (AvgIpc) is 2.42. The summed E-state index contributed by atoms with van der Waals surface area (Å²) in [6.45, 7) is 2.29. The number of pyridine rings is 1. The fraction of sp³-hybridized carbons (Fsp3) is 0.462. The topological polar surface area (TPSA) is 91.3 Å². The summed E-state index contributed by atoms with van der Waals surface area (Å²) >= 11 is 0. The molecule has 0 aromatic carbocycles. The van der Waals surface area contributed by atoms with Gasteiger partial charge >= 0.3 is 12.0 Å². The Bertz CT molecular complexity index is 409. The van der Waals surface area contributed by atoms with E-state index in [1.165, 1.54) is 0 Å². The Balaban J connectivity index is 2.38. The van der Waals surface area contributed by atoms with Crippen molar-refractivity contribution in [3.63, 3.8) is 0 Å². The molecule has 0 spiro atoms. The van der Waals surface area contributed by atoms with Gasteiger partial charge < -0.3 is 15.7 Å². The Hall–Kier alpha value is -2.11. The van der Waals surface area contributed by atoms with Crippen LogP contribution in [0.15, 0.2) is 24.5 Å². The number of amides is 2. The Morgan fingerprint density at radius 3 is 2.84 bits per heavy atom. The number of unbranched alkanes of at least 4 members (excludes halogenated alkanes) is 1. The van der Waals surface area contributed by atoms with Gasteiger partial charge in [-0.2, -0.15) is 0 Å². The van der Waals surface area contributed by atoms with Crippen molar-refractivity contribution >= 4 is 12.0 Å². The number of urea groups is 1. The Kier molecular flexibility index (Phi) is 6.35. The Labute approximate surface area is 112 Å². The Morgan fingerprint density at radius 1 is 1.47 bits per heavy atom. The van der Waals surface area contributed by atoms with Crippen molar-refractivity contribution in [1.82, 2.24) is 15.6 Å². The number of carbonyl (C=O) groups is 2. The minimum atomic E-state index is -1.01. The fourth-order valence-electron chi connectivity index (χ4n) is 1.56. The highest BCUT2D eigenvalue weighted by Crippen LogP contribution is 2.01. The van der Waals surface area contributed by atoms with Gasteiger partial charge in [-0.25, -0.2) is 9.59 Å². The third kappa shape index (κ3) is 5.85. The van der Waals surface area contributed by atoms with Crippen LogP contribution in [0.4, 0.5) is 4.79 Å². The number of rotatable bonds is 7. The van der Waals surface area contributed by atoms with Crippen molar-refractivity contribution in [1.29, 1.82) is 0 Å². The maximum Gasteiger partial charge on any atom is 0.326 e. The SMILES string of the molecule is CCCCC(NC(=O)NCc1cccnc1)C(=O)O. The first-order valence-electron chi connectivity index (χ1n) is 6.29. The lowest BCUT2D eigenvalue weighted by molar-refractivity contribution is -0.139. The molecule has 0 aliphatic carbocycles. The second kappa shape index (κ2) is 8.07. The summed E-state index contributed by atoms with van der Waals surface area (Å²) in [7, 11) is 0. The molecule has 1 aromatic heterocycles. The van der Waals surface area contributed by atoms with E-state index >= 15 is 0 Å². The first-order valence-corrected chi connectivity index (χ1v) is 6.29. The molecule has 0 radical (unpaired) electrons. The molecule has 19 heavy (non-hydrogen) atoms. The molecular weight excluding hydrogens is 246 g/mol. The summed E-state index contributed by atoms with van der Waals surface area (Å²) < 4.78 is 0. The van der Waals surface area contributed by atoms with Crippen LogP contribution in [-0.2, 0) is 11.3 Å². The van der Waals surface area contributed by atoms with Gasteiger partial charge in [-0.3, -0.25) is 4.98 Å². The molecule has 0 saturated carbocycles. The van der Waals surface area contributed by atoms with Crippen LogP contribution in [0.25, 0.3) is 0 Å². The van der Waals surface area contributed by atoms with Crippen LogP contribution < -0.4 is 10.6 Å². The lowest BCUT2D eigenvalue weighted by atomic mass is 10.1. The monoisotopic (exact) mass is 265 g/mol. The van der Waals surface area contributed by atoms with Gasteiger partial charge in [0.2, 0.25) is 0 Å². The summed E-state index contributed by atoms with van der Waals surface area (Å²) in [6, 6.07) is 2.29. The summed E-state index contributed by atoms with van der Waals surface area (Å²) in [5.74, 6) is -1.01. The van der Waals surface area contributed by atoms with E-state index in [-0.39, 0.29) is 0 Å². The van der Waals surface area contributed by atoms with Gasteiger partial charge in [0.05, 0.1) is 0 Å². The van der Waals surface area contributed by atoms with Gasteiger partial charge in [0, 0.05) is 18.9 Å². The maximum absolute atomic E-state index is 11.6. The standard InChI is InChI=1S/C13H19N3O3/c1-2-3-6-11(12(17)18)16-13(19)15-9-10-5-4-7-14-8-10/h4-5,7-8,11H,2-3,6,9H2,1H3,(H,17,18)(H2,15,16,19). The van der Waals surface area contributed by atoms with Gasteiger partial charge in [-0.15, -0.1) is 0 Å². The zero-order chi connectivity index (χ0) is 14.1. The molecule has 1 atom stereocenters. The van der Waals surface area contributed by atoms with E-state index in [9.17, 15) is 9.59 Å². The number of nitrogens with zero attached hydrogens (tertiary/aromatic N) is 1. The first-order chi connectivity index (χ1) is 9.13. The minimum absolute atomic E-state index is 0.319. The largest absolute Gasteiger partial charge is 0.480 e. The van der Waals surface area contributed by atoms with Crippen molar-refractivity contribution in [2.75, 3.05) is 0 Å². The number of carbonyl (C=O) groups excluding carboxylic acids is 1. The van der Waals surface area contributed by atoms with Crippen molar-refractivity contribution in [3.8, 4) is 0 Å². The molecule has 104 valence electrons. The van der Waals surface area contributed by atoms with Gasteiger partial charge in [0.25, 0.3) is 0 Å². The van der Waals surface area contributed by atoms with Gasteiger partial charge in [-0.1, -0.05) is 25.8 Å². The average molecular weight is 265 g/mol. The molecule has 0 saturated heterocycles. The molecule has 0 fully saturated rings. The molecular formula is C13H19N3O3. The normalized spacial score (nSPS) is 11.6. The third-order valence-electron chi connectivity index (χ3n) is 2.63. The second-order valence-corrected chi connectivity index (χ2v) is 4.22. The van der Waals surface area contributed by atoms with Crippen LogP contribution in [0, 0.1) is 0 Å². The predicted octanol–water partition coefficient (Wildman–Crippen LogP) is 1.52. The van der Waals surface area contributed by atoms with E-state index in [0.717, 1.165) is 18.4 Å². The van der Waals surface area contributed by atoms with Crippen molar-refractivity contribution in [3.05, 3.63) is 30.1 Å². The van der Waals surface area contributed by atoms with E-state index < -0.39 is 18.0 Å². The zero-order valence-electron chi connectivity index (χ0n) is 10.9. The smallest absolute Gasteiger partial charge is 0.326 e. The van der Waals surface area contributed by atoms with Gasteiger partial charge in [0.1, 0.15) is 6.04 Å². The number of hydrogen-bond donors (Lipinski definition) is 3. The lowest BCUT2D eigenvalue weighted by Gasteiger charge is -2.14. The van der Waals surface area contributed by atoms with Gasteiger partial charge in [0.15, 0.2) is 0 Å².